The summed E-state index contributed by atoms with van der Waals surface area (Å²) < 4.78 is 5.44. The van der Waals surface area contributed by atoms with E-state index in [-0.39, 0.29) is 6.61 Å². The number of thioether (sulfide) groups is 1. The summed E-state index contributed by atoms with van der Waals surface area (Å²) in [7, 11) is 0. The van der Waals surface area contributed by atoms with Gasteiger partial charge in [-0.15, -0.1) is 23.1 Å². The highest BCUT2D eigenvalue weighted by molar-refractivity contribution is 8.03. The minimum absolute atomic E-state index is 0.252. The molecule has 1 aliphatic rings. The molecule has 1 aromatic heterocycles. The van der Waals surface area contributed by atoms with Gasteiger partial charge in [0.05, 0.1) is 46.5 Å². The van der Waals surface area contributed by atoms with Crippen LogP contribution in [0.5, 0.6) is 0 Å². The van der Waals surface area contributed by atoms with Crippen LogP contribution in [0.4, 0.5) is 0 Å². The number of carbonyl (C=O) groups excluding carboxylic acids is 1. The predicted molar refractivity (Wildman–Crippen MR) is 125 cm³/mol. The lowest BCUT2D eigenvalue weighted by molar-refractivity contribution is -0.138. The summed E-state index contributed by atoms with van der Waals surface area (Å²) >= 11 is 3.05. The number of dihydropyridines is 1. The smallest absolute Gasteiger partial charge is 0.337 e. The first-order valence-electron chi connectivity index (χ1n) is 10.0. The molecule has 158 valence electrons. The van der Waals surface area contributed by atoms with E-state index in [0.29, 0.717) is 29.0 Å². The summed E-state index contributed by atoms with van der Waals surface area (Å²) in [5, 5.41) is 25.0. The molecule has 0 amide bonds. The average Bonchev–Trinajstić information content (AvgIpc) is 3.21. The summed E-state index contributed by atoms with van der Waals surface area (Å²) in [6, 6.07) is 16.2. The molecule has 0 bridgehead atoms. The van der Waals surface area contributed by atoms with Gasteiger partial charge in [0, 0.05) is 17.1 Å². The van der Waals surface area contributed by atoms with E-state index in [4.69, 9.17) is 10.00 Å². The fraction of sp³-hybridized carbons (Fsp3) is 0.292. The zero-order valence-corrected chi connectivity index (χ0v) is 19.1. The van der Waals surface area contributed by atoms with Crippen molar-refractivity contribution in [2.45, 2.75) is 32.6 Å². The SMILES string of the molecule is CCOC(=O)C1=C(c2ccccc2)NC(SCCCC#N)=C(C#N)[C@H]1c1sccc1C. The van der Waals surface area contributed by atoms with Crippen molar-refractivity contribution in [2.24, 2.45) is 0 Å². The van der Waals surface area contributed by atoms with Crippen LogP contribution in [-0.4, -0.2) is 18.3 Å². The molecule has 5 nitrogen and oxygen atoms in total. The number of nitriles is 2. The fourth-order valence-electron chi connectivity index (χ4n) is 3.43. The molecule has 1 N–H and O–H groups in total. The molecule has 0 radical (unpaired) electrons. The zero-order chi connectivity index (χ0) is 22.2. The molecule has 1 aliphatic heterocycles. The van der Waals surface area contributed by atoms with Gasteiger partial charge in [0.2, 0.25) is 0 Å². The molecular weight excluding hydrogens is 426 g/mol. The van der Waals surface area contributed by atoms with Crippen LogP contribution < -0.4 is 5.32 Å². The van der Waals surface area contributed by atoms with E-state index >= 15 is 0 Å². The van der Waals surface area contributed by atoms with Gasteiger partial charge in [-0.3, -0.25) is 0 Å². The Morgan fingerprint density at radius 1 is 1.26 bits per heavy atom. The molecule has 0 aliphatic carbocycles. The summed E-state index contributed by atoms with van der Waals surface area (Å²) in [6.07, 6.45) is 1.19. The van der Waals surface area contributed by atoms with Gasteiger partial charge in [-0.25, -0.2) is 4.79 Å². The van der Waals surface area contributed by atoms with Crippen LogP contribution in [0.2, 0.25) is 0 Å². The Kier molecular flexibility index (Phi) is 7.94. The largest absolute Gasteiger partial charge is 0.463 e. The zero-order valence-electron chi connectivity index (χ0n) is 17.5. The van der Waals surface area contributed by atoms with Crippen molar-refractivity contribution in [1.29, 1.82) is 10.5 Å². The molecule has 2 heterocycles. The number of rotatable bonds is 8. The Bertz CT molecular complexity index is 1090. The van der Waals surface area contributed by atoms with Crippen molar-refractivity contribution < 1.29 is 9.53 Å². The maximum atomic E-state index is 13.2. The van der Waals surface area contributed by atoms with Crippen LogP contribution in [0.1, 0.15) is 41.7 Å². The highest BCUT2D eigenvalue weighted by atomic mass is 32.2. The lowest BCUT2D eigenvalue weighted by Gasteiger charge is -2.30. The Hall–Kier alpha value is -3.00. The number of hydrogen-bond acceptors (Lipinski definition) is 7. The van der Waals surface area contributed by atoms with Crippen molar-refractivity contribution in [3.8, 4) is 12.1 Å². The third-order valence-corrected chi connectivity index (χ3v) is 7.04. The Balaban J connectivity index is 2.19. The third kappa shape index (κ3) is 5.02. The van der Waals surface area contributed by atoms with E-state index in [9.17, 15) is 10.1 Å². The van der Waals surface area contributed by atoms with Crippen molar-refractivity contribution in [2.75, 3.05) is 12.4 Å². The number of thiophene rings is 1. The van der Waals surface area contributed by atoms with Crippen molar-refractivity contribution in [3.05, 3.63) is 74.0 Å². The number of ether oxygens (including phenoxy) is 1. The molecule has 2 aromatic rings. The maximum absolute atomic E-state index is 13.2. The Morgan fingerprint density at radius 3 is 2.65 bits per heavy atom. The van der Waals surface area contributed by atoms with Gasteiger partial charge in [0.15, 0.2) is 0 Å². The van der Waals surface area contributed by atoms with E-state index < -0.39 is 11.9 Å². The van der Waals surface area contributed by atoms with E-state index in [1.54, 1.807) is 6.92 Å². The van der Waals surface area contributed by atoms with Gasteiger partial charge in [0.25, 0.3) is 0 Å². The number of benzene rings is 1. The molecule has 7 heteroatoms. The summed E-state index contributed by atoms with van der Waals surface area (Å²) in [5.41, 5.74) is 3.52. The second-order valence-corrected chi connectivity index (χ2v) is 8.92. The van der Waals surface area contributed by atoms with Crippen LogP contribution in [0, 0.1) is 29.6 Å². The topological polar surface area (TPSA) is 85.9 Å². The number of esters is 1. The first-order valence-corrected chi connectivity index (χ1v) is 11.9. The monoisotopic (exact) mass is 449 g/mol. The van der Waals surface area contributed by atoms with Crippen molar-refractivity contribution in [1.82, 2.24) is 5.32 Å². The van der Waals surface area contributed by atoms with Crippen LogP contribution in [0.3, 0.4) is 0 Å². The average molecular weight is 450 g/mol. The van der Waals surface area contributed by atoms with Gasteiger partial charge >= 0.3 is 5.97 Å². The molecule has 3 rings (SSSR count). The normalized spacial score (nSPS) is 15.8. The number of hydrogen-bond donors (Lipinski definition) is 1. The maximum Gasteiger partial charge on any atom is 0.337 e. The van der Waals surface area contributed by atoms with Crippen molar-refractivity contribution >= 4 is 34.8 Å². The van der Waals surface area contributed by atoms with Gasteiger partial charge in [-0.05, 0) is 42.8 Å². The van der Waals surface area contributed by atoms with Gasteiger partial charge in [-0.1, -0.05) is 30.3 Å². The lowest BCUT2D eigenvalue weighted by Crippen LogP contribution is -2.29. The van der Waals surface area contributed by atoms with E-state index in [1.807, 2.05) is 48.7 Å². The first-order chi connectivity index (χ1) is 15.1. The number of unbranched alkanes of at least 4 members (excludes halogenated alkanes) is 1. The molecule has 1 aromatic carbocycles. The number of carbonyl (C=O) groups is 1. The summed E-state index contributed by atoms with van der Waals surface area (Å²) in [6.45, 7) is 4.02. The first kappa shape index (κ1) is 22.7. The van der Waals surface area contributed by atoms with Gasteiger partial charge < -0.3 is 10.1 Å². The fourth-order valence-corrected chi connectivity index (χ4v) is 5.46. The molecule has 31 heavy (non-hydrogen) atoms. The summed E-state index contributed by atoms with van der Waals surface area (Å²) in [4.78, 5) is 14.1. The molecular formula is C24H23N3O2S2. The standard InChI is InChI=1S/C24H23N3O2S2/c1-3-29-24(28)20-19(22-16(2)11-14-30-22)18(15-26)23(31-13-8-7-12-25)27-21(20)17-9-5-4-6-10-17/h4-6,9-11,14,19,27H,3,7-8,13H2,1-2H3/t19-/m1/s1. The van der Waals surface area contributed by atoms with E-state index in [2.05, 4.69) is 17.5 Å². The van der Waals surface area contributed by atoms with E-state index in [1.165, 1.54) is 23.1 Å². The number of nitrogens with one attached hydrogen (secondary N) is 1. The van der Waals surface area contributed by atoms with Crippen LogP contribution in [-0.2, 0) is 9.53 Å². The second kappa shape index (κ2) is 10.9. The predicted octanol–water partition coefficient (Wildman–Crippen LogP) is 5.49. The Morgan fingerprint density at radius 2 is 2.03 bits per heavy atom. The van der Waals surface area contributed by atoms with Gasteiger partial charge in [0.1, 0.15) is 0 Å². The molecule has 0 saturated heterocycles. The minimum atomic E-state index is -0.501. The van der Waals surface area contributed by atoms with Crippen LogP contribution in [0.25, 0.3) is 5.70 Å². The number of allylic oxidation sites excluding steroid dienone is 1. The molecule has 0 spiro atoms. The number of nitrogens with zero attached hydrogens (tertiary/aromatic N) is 2. The minimum Gasteiger partial charge on any atom is -0.463 e. The molecule has 0 saturated carbocycles. The van der Waals surface area contributed by atoms with Crippen LogP contribution >= 0.6 is 23.1 Å². The highest BCUT2D eigenvalue weighted by Gasteiger charge is 2.38. The third-order valence-electron chi connectivity index (χ3n) is 4.85. The molecule has 0 unspecified atom stereocenters. The molecule has 1 atom stereocenters. The Labute approximate surface area is 191 Å². The number of aryl methyl sites for hydroxylation is 1. The highest BCUT2D eigenvalue weighted by Crippen LogP contribution is 2.45. The van der Waals surface area contributed by atoms with E-state index in [0.717, 1.165) is 27.5 Å². The molecule has 0 fully saturated rings. The summed E-state index contributed by atoms with van der Waals surface area (Å²) in [5.74, 6) is -0.222. The second-order valence-electron chi connectivity index (χ2n) is 6.87. The van der Waals surface area contributed by atoms with Crippen LogP contribution in [0.15, 0.2) is 58.0 Å². The lowest BCUT2D eigenvalue weighted by atomic mass is 9.84. The van der Waals surface area contributed by atoms with Gasteiger partial charge in [-0.2, -0.15) is 10.5 Å². The van der Waals surface area contributed by atoms with Crippen molar-refractivity contribution in [3.63, 3.8) is 0 Å². The quantitative estimate of drug-likeness (QED) is 0.424.